The summed E-state index contributed by atoms with van der Waals surface area (Å²) in [6.07, 6.45) is -1.77. The molecule has 126 valence electrons. The summed E-state index contributed by atoms with van der Waals surface area (Å²) < 4.78 is 40.3. The molecule has 23 heavy (non-hydrogen) atoms. The second kappa shape index (κ2) is 7.34. The van der Waals surface area contributed by atoms with Crippen LogP contribution in [0.25, 0.3) is 0 Å². The van der Waals surface area contributed by atoms with Gasteiger partial charge in [0.05, 0.1) is 6.54 Å². The summed E-state index contributed by atoms with van der Waals surface area (Å²) in [5.41, 5.74) is 0.180. The fourth-order valence-electron chi connectivity index (χ4n) is 2.35. The van der Waals surface area contributed by atoms with Crippen LogP contribution in [0.1, 0.15) is 25.7 Å². The first-order valence-corrected chi connectivity index (χ1v) is 7.27. The van der Waals surface area contributed by atoms with Gasteiger partial charge >= 0.3 is 6.36 Å². The van der Waals surface area contributed by atoms with E-state index < -0.39 is 18.0 Å². The summed E-state index contributed by atoms with van der Waals surface area (Å²) in [6, 6.07) is 5.01. The number of ether oxygens (including phenoxy) is 1. The van der Waals surface area contributed by atoms with E-state index in [2.05, 4.69) is 10.1 Å². The van der Waals surface area contributed by atoms with Crippen molar-refractivity contribution >= 4 is 17.5 Å². The number of nitrogens with zero attached hydrogens (tertiary/aromatic N) is 1. The van der Waals surface area contributed by atoms with Crippen LogP contribution in [0.4, 0.5) is 18.9 Å². The van der Waals surface area contributed by atoms with Crippen LogP contribution < -0.4 is 10.1 Å². The zero-order chi connectivity index (χ0) is 16.9. The van der Waals surface area contributed by atoms with Gasteiger partial charge in [-0.25, -0.2) is 0 Å². The third-order valence-electron chi connectivity index (χ3n) is 3.36. The van der Waals surface area contributed by atoms with Crippen LogP contribution in [0.5, 0.6) is 5.75 Å². The molecule has 0 spiro atoms. The monoisotopic (exact) mass is 330 g/mol. The maximum Gasteiger partial charge on any atom is 0.573 e. The number of carbonyl (C=O) groups excluding carboxylic acids is 2. The fourth-order valence-corrected chi connectivity index (χ4v) is 2.35. The first-order valence-electron chi connectivity index (χ1n) is 7.27. The third kappa shape index (κ3) is 5.80. The summed E-state index contributed by atoms with van der Waals surface area (Å²) in [5.74, 6) is -0.947. The minimum Gasteiger partial charge on any atom is -0.406 e. The van der Waals surface area contributed by atoms with Crippen LogP contribution in [-0.4, -0.2) is 36.2 Å². The molecule has 1 N–H and O–H groups in total. The van der Waals surface area contributed by atoms with E-state index in [1.807, 2.05) is 0 Å². The Morgan fingerprint density at radius 3 is 2.78 bits per heavy atom. The number of hydrogen-bond acceptors (Lipinski definition) is 3. The van der Waals surface area contributed by atoms with Crippen molar-refractivity contribution in [3.63, 3.8) is 0 Å². The predicted octanol–water partition coefficient (Wildman–Crippen LogP) is 2.93. The number of hydrogen-bond donors (Lipinski definition) is 1. The average Bonchev–Trinajstić information content (AvgIpc) is 2.62. The van der Waals surface area contributed by atoms with E-state index in [1.165, 1.54) is 17.0 Å². The smallest absolute Gasteiger partial charge is 0.406 e. The number of halogens is 3. The minimum absolute atomic E-state index is 0.0770. The second-order valence-corrected chi connectivity index (χ2v) is 5.25. The van der Waals surface area contributed by atoms with Gasteiger partial charge in [0.15, 0.2) is 0 Å². The summed E-state index contributed by atoms with van der Waals surface area (Å²) in [5, 5.41) is 2.48. The van der Waals surface area contributed by atoms with Crippen LogP contribution in [0.2, 0.25) is 0 Å². The lowest BCUT2D eigenvalue weighted by atomic mass is 10.2. The van der Waals surface area contributed by atoms with Gasteiger partial charge in [-0.2, -0.15) is 0 Å². The number of alkyl halides is 3. The quantitative estimate of drug-likeness (QED) is 0.923. The van der Waals surface area contributed by atoms with Crippen molar-refractivity contribution < 1.29 is 27.5 Å². The largest absolute Gasteiger partial charge is 0.573 e. The molecular formula is C15H17F3N2O3. The molecular weight excluding hydrogens is 313 g/mol. The lowest BCUT2D eigenvalue weighted by Gasteiger charge is -2.20. The summed E-state index contributed by atoms with van der Waals surface area (Å²) >= 11 is 0. The molecule has 5 nitrogen and oxygen atoms in total. The van der Waals surface area contributed by atoms with Gasteiger partial charge in [-0.15, -0.1) is 13.2 Å². The number of anilines is 1. The molecule has 1 saturated heterocycles. The zero-order valence-electron chi connectivity index (χ0n) is 12.4. The van der Waals surface area contributed by atoms with E-state index >= 15 is 0 Å². The van der Waals surface area contributed by atoms with Crippen molar-refractivity contribution in [1.29, 1.82) is 0 Å². The van der Waals surface area contributed by atoms with E-state index in [0.29, 0.717) is 13.0 Å². The number of benzene rings is 1. The lowest BCUT2D eigenvalue weighted by Crippen LogP contribution is -2.37. The van der Waals surface area contributed by atoms with E-state index in [-0.39, 0.29) is 18.1 Å². The molecule has 0 atom stereocenters. The Hall–Kier alpha value is -2.25. The Balaban J connectivity index is 1.94. The topological polar surface area (TPSA) is 58.6 Å². The molecule has 1 fully saturated rings. The summed E-state index contributed by atoms with van der Waals surface area (Å²) in [7, 11) is 0. The van der Waals surface area contributed by atoms with Crippen molar-refractivity contribution in [2.75, 3.05) is 18.4 Å². The fraction of sp³-hybridized carbons (Fsp3) is 0.467. The van der Waals surface area contributed by atoms with E-state index in [1.54, 1.807) is 0 Å². The zero-order valence-corrected chi connectivity index (χ0v) is 12.4. The van der Waals surface area contributed by atoms with Crippen molar-refractivity contribution in [3.05, 3.63) is 24.3 Å². The Labute approximate surface area is 131 Å². The highest BCUT2D eigenvalue weighted by atomic mass is 19.4. The van der Waals surface area contributed by atoms with E-state index in [0.717, 1.165) is 31.4 Å². The average molecular weight is 330 g/mol. The van der Waals surface area contributed by atoms with Crippen molar-refractivity contribution in [2.45, 2.75) is 32.0 Å². The lowest BCUT2D eigenvalue weighted by molar-refractivity contribution is -0.274. The highest BCUT2D eigenvalue weighted by Gasteiger charge is 2.31. The molecule has 0 saturated carbocycles. The van der Waals surface area contributed by atoms with E-state index in [4.69, 9.17) is 0 Å². The molecule has 2 rings (SSSR count). The van der Waals surface area contributed by atoms with Gasteiger partial charge in [0, 0.05) is 24.7 Å². The van der Waals surface area contributed by atoms with E-state index in [9.17, 15) is 22.8 Å². The van der Waals surface area contributed by atoms with Crippen LogP contribution in [0, 0.1) is 0 Å². The molecule has 0 unspecified atom stereocenters. The minimum atomic E-state index is -4.79. The molecule has 2 amide bonds. The Bertz CT molecular complexity index is 575. The Morgan fingerprint density at radius 2 is 2.04 bits per heavy atom. The van der Waals surface area contributed by atoms with Gasteiger partial charge in [0.2, 0.25) is 11.8 Å². The summed E-state index contributed by atoms with van der Waals surface area (Å²) in [4.78, 5) is 25.3. The molecule has 8 heteroatoms. The first kappa shape index (κ1) is 17.1. The highest BCUT2D eigenvalue weighted by Crippen LogP contribution is 2.25. The molecule has 1 aliphatic heterocycles. The van der Waals surface area contributed by atoms with Gasteiger partial charge in [0.25, 0.3) is 0 Å². The molecule has 0 aliphatic carbocycles. The van der Waals surface area contributed by atoms with Crippen molar-refractivity contribution in [3.8, 4) is 5.75 Å². The van der Waals surface area contributed by atoms with Gasteiger partial charge in [0.1, 0.15) is 5.75 Å². The molecule has 1 aliphatic rings. The number of amides is 2. The molecule has 1 aromatic carbocycles. The molecule has 1 aromatic rings. The SMILES string of the molecule is O=C(CN1CCCCCC1=O)Nc1cccc(OC(F)(F)F)c1. The van der Waals surface area contributed by atoms with Crippen LogP contribution in [0.15, 0.2) is 24.3 Å². The maximum atomic E-state index is 12.2. The van der Waals surface area contributed by atoms with Gasteiger partial charge in [-0.3, -0.25) is 9.59 Å². The standard InChI is InChI=1S/C15H17F3N2O3/c16-15(17,18)23-12-6-4-5-11(9-12)19-13(21)10-20-8-3-1-2-7-14(20)22/h4-6,9H,1-3,7-8,10H2,(H,19,21). The number of nitrogens with one attached hydrogen (secondary N) is 1. The molecule has 0 aromatic heterocycles. The predicted molar refractivity (Wildman–Crippen MR) is 76.8 cm³/mol. The highest BCUT2D eigenvalue weighted by molar-refractivity contribution is 5.94. The number of carbonyl (C=O) groups is 2. The van der Waals surface area contributed by atoms with Gasteiger partial charge in [-0.05, 0) is 25.0 Å². The maximum absolute atomic E-state index is 12.2. The van der Waals surface area contributed by atoms with Crippen LogP contribution in [-0.2, 0) is 9.59 Å². The third-order valence-corrected chi connectivity index (χ3v) is 3.36. The first-order chi connectivity index (χ1) is 10.8. The van der Waals surface area contributed by atoms with Crippen molar-refractivity contribution in [1.82, 2.24) is 4.90 Å². The van der Waals surface area contributed by atoms with Gasteiger partial charge < -0.3 is 15.0 Å². The van der Waals surface area contributed by atoms with Crippen LogP contribution in [0.3, 0.4) is 0 Å². The molecule has 1 heterocycles. The number of rotatable bonds is 4. The Kier molecular flexibility index (Phi) is 5.46. The normalized spacial score (nSPS) is 16.0. The molecule has 0 radical (unpaired) electrons. The number of likely N-dealkylation sites (tertiary alicyclic amines) is 1. The van der Waals surface area contributed by atoms with Crippen LogP contribution >= 0.6 is 0 Å². The molecule has 0 bridgehead atoms. The second-order valence-electron chi connectivity index (χ2n) is 5.25. The van der Waals surface area contributed by atoms with Gasteiger partial charge in [-0.1, -0.05) is 12.5 Å². The van der Waals surface area contributed by atoms with Crippen molar-refractivity contribution in [2.24, 2.45) is 0 Å². The Morgan fingerprint density at radius 1 is 1.26 bits per heavy atom. The summed E-state index contributed by atoms with van der Waals surface area (Å²) in [6.45, 7) is 0.409.